The van der Waals surface area contributed by atoms with E-state index < -0.39 is 0 Å². The Bertz CT molecular complexity index is 406. The smallest absolute Gasteiger partial charge is 0.158 e. The fourth-order valence-corrected chi connectivity index (χ4v) is 2.10. The molecule has 2 N–H and O–H groups in total. The van der Waals surface area contributed by atoms with Crippen LogP contribution in [0, 0.1) is 5.92 Å². The third-order valence-electron chi connectivity index (χ3n) is 3.21. The van der Waals surface area contributed by atoms with E-state index in [4.69, 9.17) is 10.5 Å². The SMILES string of the molecule is CCCN(CC1CC1)c1cc(N)nc(COCC)n1. The number of hydrogen-bond acceptors (Lipinski definition) is 5. The Morgan fingerprint density at radius 2 is 2.16 bits per heavy atom. The minimum absolute atomic E-state index is 0.429. The second-order valence-electron chi connectivity index (χ2n) is 5.09. The van der Waals surface area contributed by atoms with E-state index in [0.29, 0.717) is 24.9 Å². The van der Waals surface area contributed by atoms with Gasteiger partial charge >= 0.3 is 0 Å². The second kappa shape index (κ2) is 6.70. The van der Waals surface area contributed by atoms with Crippen LogP contribution >= 0.6 is 0 Å². The molecule has 0 radical (unpaired) electrons. The average Bonchev–Trinajstić information content (AvgIpc) is 3.19. The molecule has 0 amide bonds. The van der Waals surface area contributed by atoms with E-state index in [-0.39, 0.29) is 0 Å². The van der Waals surface area contributed by atoms with Crippen LogP contribution in [-0.4, -0.2) is 29.7 Å². The van der Waals surface area contributed by atoms with Crippen molar-refractivity contribution in [3.8, 4) is 0 Å². The molecular weight excluding hydrogens is 240 g/mol. The third kappa shape index (κ3) is 4.35. The molecule has 0 aliphatic heterocycles. The first kappa shape index (κ1) is 14.1. The molecule has 1 aromatic heterocycles. The van der Waals surface area contributed by atoms with Gasteiger partial charge in [-0.05, 0) is 32.1 Å². The molecule has 1 aliphatic rings. The fraction of sp³-hybridized carbons (Fsp3) is 0.714. The summed E-state index contributed by atoms with van der Waals surface area (Å²) in [4.78, 5) is 11.1. The number of hydrogen-bond donors (Lipinski definition) is 1. The van der Waals surface area contributed by atoms with E-state index in [1.54, 1.807) is 0 Å². The van der Waals surface area contributed by atoms with Crippen molar-refractivity contribution in [2.24, 2.45) is 5.92 Å². The molecule has 5 heteroatoms. The van der Waals surface area contributed by atoms with Crippen LogP contribution in [0.3, 0.4) is 0 Å². The number of nitrogens with zero attached hydrogens (tertiary/aromatic N) is 3. The van der Waals surface area contributed by atoms with Crippen LogP contribution in [0.1, 0.15) is 38.9 Å². The summed E-state index contributed by atoms with van der Waals surface area (Å²) in [5.74, 6) is 2.97. The highest BCUT2D eigenvalue weighted by Gasteiger charge is 2.25. The lowest BCUT2D eigenvalue weighted by atomic mass is 10.3. The van der Waals surface area contributed by atoms with Crippen LogP contribution < -0.4 is 10.6 Å². The molecule has 0 aromatic carbocycles. The maximum atomic E-state index is 5.88. The maximum absolute atomic E-state index is 5.88. The van der Waals surface area contributed by atoms with Gasteiger partial charge in [0.2, 0.25) is 0 Å². The Balaban J connectivity index is 2.11. The number of anilines is 2. The van der Waals surface area contributed by atoms with Gasteiger partial charge in [0.25, 0.3) is 0 Å². The lowest BCUT2D eigenvalue weighted by Gasteiger charge is -2.23. The quantitative estimate of drug-likeness (QED) is 0.780. The van der Waals surface area contributed by atoms with Crippen LogP contribution in [0.2, 0.25) is 0 Å². The molecular formula is C14H24N4O. The zero-order chi connectivity index (χ0) is 13.7. The molecule has 1 aromatic rings. The van der Waals surface area contributed by atoms with Crippen LogP contribution in [-0.2, 0) is 11.3 Å². The van der Waals surface area contributed by atoms with E-state index in [2.05, 4.69) is 21.8 Å². The monoisotopic (exact) mass is 264 g/mol. The molecule has 2 rings (SSSR count). The highest BCUT2D eigenvalue weighted by molar-refractivity contribution is 5.47. The first-order chi connectivity index (χ1) is 9.22. The van der Waals surface area contributed by atoms with Gasteiger partial charge in [-0.2, -0.15) is 0 Å². The summed E-state index contributed by atoms with van der Waals surface area (Å²) in [7, 11) is 0. The summed E-state index contributed by atoms with van der Waals surface area (Å²) >= 11 is 0. The maximum Gasteiger partial charge on any atom is 0.158 e. The second-order valence-corrected chi connectivity index (χ2v) is 5.09. The lowest BCUT2D eigenvalue weighted by molar-refractivity contribution is 0.128. The number of nitrogens with two attached hydrogens (primary N) is 1. The highest BCUT2D eigenvalue weighted by atomic mass is 16.5. The molecule has 1 saturated carbocycles. The zero-order valence-corrected chi connectivity index (χ0v) is 11.9. The van der Waals surface area contributed by atoms with Gasteiger partial charge in [-0.3, -0.25) is 0 Å². The molecule has 0 bridgehead atoms. The van der Waals surface area contributed by atoms with Gasteiger partial charge < -0.3 is 15.4 Å². The first-order valence-electron chi connectivity index (χ1n) is 7.19. The van der Waals surface area contributed by atoms with Gasteiger partial charge in [-0.25, -0.2) is 9.97 Å². The molecule has 106 valence electrons. The number of ether oxygens (including phenoxy) is 1. The Labute approximate surface area is 115 Å². The topological polar surface area (TPSA) is 64.3 Å². The van der Waals surface area contributed by atoms with E-state index in [1.165, 1.54) is 12.8 Å². The summed E-state index contributed by atoms with van der Waals surface area (Å²) in [5, 5.41) is 0. The van der Waals surface area contributed by atoms with E-state index in [1.807, 2.05) is 13.0 Å². The molecule has 1 fully saturated rings. The average molecular weight is 264 g/mol. The molecule has 19 heavy (non-hydrogen) atoms. The van der Waals surface area contributed by atoms with Gasteiger partial charge in [0, 0.05) is 25.8 Å². The van der Waals surface area contributed by atoms with Crippen molar-refractivity contribution in [1.82, 2.24) is 9.97 Å². The van der Waals surface area contributed by atoms with Crippen molar-refractivity contribution in [2.45, 2.75) is 39.7 Å². The van der Waals surface area contributed by atoms with E-state index in [0.717, 1.165) is 31.2 Å². The third-order valence-corrected chi connectivity index (χ3v) is 3.21. The van der Waals surface area contributed by atoms with Gasteiger partial charge in [-0.1, -0.05) is 6.92 Å². The van der Waals surface area contributed by atoms with Crippen molar-refractivity contribution in [3.63, 3.8) is 0 Å². The van der Waals surface area contributed by atoms with Crippen LogP contribution in [0.15, 0.2) is 6.07 Å². The van der Waals surface area contributed by atoms with Crippen molar-refractivity contribution >= 4 is 11.6 Å². The highest BCUT2D eigenvalue weighted by Crippen LogP contribution is 2.31. The fourth-order valence-electron chi connectivity index (χ4n) is 2.10. The Hall–Kier alpha value is -1.36. The minimum atomic E-state index is 0.429. The van der Waals surface area contributed by atoms with Crippen molar-refractivity contribution in [3.05, 3.63) is 11.9 Å². The molecule has 0 atom stereocenters. The van der Waals surface area contributed by atoms with Crippen LogP contribution in [0.25, 0.3) is 0 Å². The molecule has 0 saturated heterocycles. The Morgan fingerprint density at radius 1 is 1.37 bits per heavy atom. The van der Waals surface area contributed by atoms with Crippen LogP contribution in [0.5, 0.6) is 0 Å². The number of nitrogen functional groups attached to an aromatic ring is 1. The van der Waals surface area contributed by atoms with Gasteiger partial charge in [0.1, 0.15) is 18.2 Å². The predicted octanol–water partition coefficient (Wildman–Crippen LogP) is 2.22. The number of rotatable bonds is 8. The predicted molar refractivity (Wildman–Crippen MR) is 77.0 cm³/mol. The molecule has 1 heterocycles. The lowest BCUT2D eigenvalue weighted by Crippen LogP contribution is -2.28. The first-order valence-corrected chi connectivity index (χ1v) is 7.19. The Kier molecular flexibility index (Phi) is 4.96. The normalized spacial score (nSPS) is 14.6. The van der Waals surface area contributed by atoms with Crippen molar-refractivity contribution < 1.29 is 4.74 Å². The van der Waals surface area contributed by atoms with Crippen LogP contribution in [0.4, 0.5) is 11.6 Å². The molecule has 0 unspecified atom stereocenters. The minimum Gasteiger partial charge on any atom is -0.384 e. The van der Waals surface area contributed by atoms with Gasteiger partial charge in [0.15, 0.2) is 5.82 Å². The largest absolute Gasteiger partial charge is 0.384 e. The summed E-state index contributed by atoms with van der Waals surface area (Å²) in [6.45, 7) is 7.33. The zero-order valence-electron chi connectivity index (χ0n) is 11.9. The molecule has 5 nitrogen and oxygen atoms in total. The Morgan fingerprint density at radius 3 is 2.79 bits per heavy atom. The number of aromatic nitrogens is 2. The summed E-state index contributed by atoms with van der Waals surface area (Å²) in [5.41, 5.74) is 5.88. The van der Waals surface area contributed by atoms with E-state index in [9.17, 15) is 0 Å². The van der Waals surface area contributed by atoms with Gasteiger partial charge in [-0.15, -0.1) is 0 Å². The standard InChI is InChI=1S/C14H24N4O/c1-3-7-18(9-11-5-6-11)14-8-12(15)16-13(17-14)10-19-4-2/h8,11H,3-7,9-10H2,1-2H3,(H2,15,16,17). The van der Waals surface area contributed by atoms with Crippen molar-refractivity contribution in [1.29, 1.82) is 0 Å². The molecule has 0 spiro atoms. The van der Waals surface area contributed by atoms with Gasteiger partial charge in [0.05, 0.1) is 0 Å². The summed E-state index contributed by atoms with van der Waals surface area (Å²) < 4.78 is 5.36. The summed E-state index contributed by atoms with van der Waals surface area (Å²) in [6, 6.07) is 1.87. The van der Waals surface area contributed by atoms with E-state index >= 15 is 0 Å². The summed E-state index contributed by atoms with van der Waals surface area (Å²) in [6.07, 6.45) is 3.79. The molecule has 1 aliphatic carbocycles. The van der Waals surface area contributed by atoms with Crippen molar-refractivity contribution in [2.75, 3.05) is 30.3 Å².